The SMILES string of the molecule is [CH2]c1ccc(N2CCNCC2)cn1. The molecule has 0 atom stereocenters. The molecule has 1 N–H and O–H groups in total. The van der Waals surface area contributed by atoms with Gasteiger partial charge in [0.1, 0.15) is 0 Å². The number of hydrogen-bond donors (Lipinski definition) is 1. The van der Waals surface area contributed by atoms with Gasteiger partial charge in [-0.3, -0.25) is 4.98 Å². The van der Waals surface area contributed by atoms with Crippen LogP contribution in [0.15, 0.2) is 18.3 Å². The van der Waals surface area contributed by atoms with Gasteiger partial charge in [0.15, 0.2) is 0 Å². The second-order valence-corrected chi connectivity index (χ2v) is 3.24. The molecule has 1 aromatic rings. The minimum atomic E-state index is 0.832. The largest absolute Gasteiger partial charge is 0.368 e. The summed E-state index contributed by atoms with van der Waals surface area (Å²) in [5.74, 6) is 0. The van der Waals surface area contributed by atoms with E-state index in [0.717, 1.165) is 31.9 Å². The molecule has 69 valence electrons. The van der Waals surface area contributed by atoms with Gasteiger partial charge in [-0.05, 0) is 19.1 Å². The number of nitrogens with zero attached hydrogens (tertiary/aromatic N) is 2. The fourth-order valence-electron chi connectivity index (χ4n) is 1.53. The topological polar surface area (TPSA) is 28.2 Å². The predicted molar refractivity (Wildman–Crippen MR) is 53.8 cm³/mol. The summed E-state index contributed by atoms with van der Waals surface area (Å²) in [5.41, 5.74) is 2.03. The quantitative estimate of drug-likeness (QED) is 0.682. The highest BCUT2D eigenvalue weighted by Gasteiger charge is 2.09. The number of piperazine rings is 1. The van der Waals surface area contributed by atoms with E-state index in [1.54, 1.807) is 0 Å². The number of nitrogens with one attached hydrogen (secondary N) is 1. The van der Waals surface area contributed by atoms with Crippen molar-refractivity contribution in [2.75, 3.05) is 31.1 Å². The standard InChI is InChI=1S/C10H14N3/c1-9-2-3-10(8-12-9)13-6-4-11-5-7-13/h2-3,8,11H,1,4-7H2. The van der Waals surface area contributed by atoms with Crippen molar-refractivity contribution in [2.45, 2.75) is 0 Å². The minimum Gasteiger partial charge on any atom is -0.368 e. The summed E-state index contributed by atoms with van der Waals surface area (Å²) in [4.78, 5) is 6.52. The van der Waals surface area contributed by atoms with Gasteiger partial charge in [0.05, 0.1) is 11.9 Å². The fraction of sp³-hybridized carbons (Fsp3) is 0.400. The van der Waals surface area contributed by atoms with Crippen molar-refractivity contribution in [1.29, 1.82) is 0 Å². The molecule has 1 aliphatic rings. The zero-order chi connectivity index (χ0) is 9.10. The molecule has 2 rings (SSSR count). The lowest BCUT2D eigenvalue weighted by molar-refractivity contribution is 0.588. The minimum absolute atomic E-state index is 0.832. The number of rotatable bonds is 1. The van der Waals surface area contributed by atoms with E-state index in [1.165, 1.54) is 5.69 Å². The molecule has 3 heteroatoms. The van der Waals surface area contributed by atoms with Crippen LogP contribution in [0.3, 0.4) is 0 Å². The molecule has 0 aliphatic carbocycles. The van der Waals surface area contributed by atoms with E-state index in [0.29, 0.717) is 0 Å². The molecule has 0 saturated carbocycles. The van der Waals surface area contributed by atoms with E-state index >= 15 is 0 Å². The average Bonchev–Trinajstić information content (AvgIpc) is 2.20. The molecule has 0 aromatic carbocycles. The Labute approximate surface area is 78.8 Å². The van der Waals surface area contributed by atoms with Crippen molar-refractivity contribution in [1.82, 2.24) is 10.3 Å². The number of anilines is 1. The molecular formula is C10H14N3. The molecule has 13 heavy (non-hydrogen) atoms. The van der Waals surface area contributed by atoms with Crippen molar-refractivity contribution >= 4 is 5.69 Å². The summed E-state index contributed by atoms with van der Waals surface area (Å²) in [6.45, 7) is 8.02. The maximum atomic E-state index is 4.18. The van der Waals surface area contributed by atoms with Crippen LogP contribution in [-0.2, 0) is 0 Å². The zero-order valence-electron chi connectivity index (χ0n) is 7.66. The monoisotopic (exact) mass is 176 g/mol. The third-order valence-electron chi connectivity index (χ3n) is 2.29. The van der Waals surface area contributed by atoms with E-state index < -0.39 is 0 Å². The lowest BCUT2D eigenvalue weighted by Gasteiger charge is -2.29. The highest BCUT2D eigenvalue weighted by Crippen LogP contribution is 2.12. The molecular weight excluding hydrogens is 162 g/mol. The Morgan fingerprint density at radius 3 is 2.69 bits per heavy atom. The van der Waals surface area contributed by atoms with Crippen LogP contribution in [0, 0.1) is 6.92 Å². The first-order valence-corrected chi connectivity index (χ1v) is 4.60. The van der Waals surface area contributed by atoms with Crippen LogP contribution in [0.2, 0.25) is 0 Å². The molecule has 1 saturated heterocycles. The van der Waals surface area contributed by atoms with Crippen LogP contribution in [0.4, 0.5) is 5.69 Å². The van der Waals surface area contributed by atoms with Crippen molar-refractivity contribution in [3.05, 3.63) is 30.9 Å². The third kappa shape index (κ3) is 1.98. The lowest BCUT2D eigenvalue weighted by Crippen LogP contribution is -2.43. The second kappa shape index (κ2) is 3.75. The molecule has 0 bridgehead atoms. The highest BCUT2D eigenvalue weighted by molar-refractivity contribution is 5.45. The smallest absolute Gasteiger partial charge is 0.0553 e. The summed E-state index contributed by atoms with van der Waals surface area (Å²) < 4.78 is 0. The van der Waals surface area contributed by atoms with Crippen LogP contribution < -0.4 is 10.2 Å². The first-order valence-electron chi connectivity index (χ1n) is 4.60. The summed E-state index contributed by atoms with van der Waals surface area (Å²) in [6, 6.07) is 4.04. The molecule has 3 nitrogen and oxygen atoms in total. The van der Waals surface area contributed by atoms with Crippen LogP contribution in [0.1, 0.15) is 5.69 Å². The van der Waals surface area contributed by atoms with Gasteiger partial charge in [0.25, 0.3) is 0 Å². The first kappa shape index (κ1) is 8.51. The molecule has 0 spiro atoms. The molecule has 1 aromatic heterocycles. The van der Waals surface area contributed by atoms with Gasteiger partial charge in [0, 0.05) is 31.9 Å². The van der Waals surface area contributed by atoms with Gasteiger partial charge in [-0.2, -0.15) is 0 Å². The van der Waals surface area contributed by atoms with E-state index in [1.807, 2.05) is 12.3 Å². The van der Waals surface area contributed by atoms with E-state index in [2.05, 4.69) is 28.2 Å². The Morgan fingerprint density at radius 2 is 2.08 bits per heavy atom. The zero-order valence-corrected chi connectivity index (χ0v) is 7.66. The fourth-order valence-corrected chi connectivity index (χ4v) is 1.53. The molecule has 1 aliphatic heterocycles. The van der Waals surface area contributed by atoms with Crippen LogP contribution >= 0.6 is 0 Å². The third-order valence-corrected chi connectivity index (χ3v) is 2.29. The maximum Gasteiger partial charge on any atom is 0.0553 e. The summed E-state index contributed by atoms with van der Waals surface area (Å²) in [6.07, 6.45) is 1.90. The van der Waals surface area contributed by atoms with Gasteiger partial charge in [-0.1, -0.05) is 0 Å². The van der Waals surface area contributed by atoms with E-state index in [-0.39, 0.29) is 0 Å². The normalized spacial score (nSPS) is 17.5. The van der Waals surface area contributed by atoms with Gasteiger partial charge in [-0.15, -0.1) is 0 Å². The molecule has 0 unspecified atom stereocenters. The van der Waals surface area contributed by atoms with Gasteiger partial charge in [-0.25, -0.2) is 0 Å². The van der Waals surface area contributed by atoms with Crippen molar-refractivity contribution in [2.24, 2.45) is 0 Å². The van der Waals surface area contributed by atoms with E-state index in [4.69, 9.17) is 0 Å². The Bertz CT molecular complexity index is 262. The van der Waals surface area contributed by atoms with E-state index in [9.17, 15) is 0 Å². The summed E-state index contributed by atoms with van der Waals surface area (Å²) in [5, 5.41) is 3.32. The molecule has 2 heterocycles. The Balaban J connectivity index is 2.10. The lowest BCUT2D eigenvalue weighted by atomic mass is 10.3. The molecule has 0 amide bonds. The summed E-state index contributed by atoms with van der Waals surface area (Å²) in [7, 11) is 0. The van der Waals surface area contributed by atoms with Gasteiger partial charge in [0.2, 0.25) is 0 Å². The Morgan fingerprint density at radius 1 is 1.31 bits per heavy atom. The average molecular weight is 176 g/mol. The van der Waals surface area contributed by atoms with Crippen molar-refractivity contribution in [3.8, 4) is 0 Å². The van der Waals surface area contributed by atoms with Crippen LogP contribution in [-0.4, -0.2) is 31.2 Å². The molecule has 1 radical (unpaired) electrons. The van der Waals surface area contributed by atoms with Crippen molar-refractivity contribution < 1.29 is 0 Å². The maximum absolute atomic E-state index is 4.18. The number of pyridine rings is 1. The van der Waals surface area contributed by atoms with Crippen LogP contribution in [0.5, 0.6) is 0 Å². The first-order chi connectivity index (χ1) is 6.36. The number of aromatic nitrogens is 1. The number of hydrogen-bond acceptors (Lipinski definition) is 3. The highest BCUT2D eigenvalue weighted by atomic mass is 15.2. The Kier molecular flexibility index (Phi) is 2.45. The predicted octanol–water partition coefficient (Wildman–Crippen LogP) is 0.673. The Hall–Kier alpha value is -1.09. The van der Waals surface area contributed by atoms with Gasteiger partial charge >= 0.3 is 0 Å². The summed E-state index contributed by atoms with van der Waals surface area (Å²) >= 11 is 0. The second-order valence-electron chi connectivity index (χ2n) is 3.24. The molecule has 1 fully saturated rings. The van der Waals surface area contributed by atoms with Crippen molar-refractivity contribution in [3.63, 3.8) is 0 Å². The van der Waals surface area contributed by atoms with Crippen LogP contribution in [0.25, 0.3) is 0 Å². The van der Waals surface area contributed by atoms with Gasteiger partial charge < -0.3 is 10.2 Å².